The fourth-order valence-corrected chi connectivity index (χ4v) is 3.47. The summed E-state index contributed by atoms with van der Waals surface area (Å²) in [6.45, 7) is 2.81. The molecule has 0 spiro atoms. The average molecular weight is 425 g/mol. The number of likely N-dealkylation sites (N-methyl/N-ethyl adjacent to an activating group) is 1. The molecule has 0 radical (unpaired) electrons. The summed E-state index contributed by atoms with van der Waals surface area (Å²) < 4.78 is 4.79. The molecule has 3 heterocycles. The van der Waals surface area contributed by atoms with Crippen LogP contribution in [-0.2, 0) is 0 Å². The van der Waals surface area contributed by atoms with Crippen LogP contribution in [0.25, 0.3) is 11.0 Å². The number of rotatable bonds is 4. The van der Waals surface area contributed by atoms with E-state index < -0.39 is 4.92 Å². The Morgan fingerprint density at radius 3 is 2.43 bits per heavy atom. The van der Waals surface area contributed by atoms with Gasteiger partial charge in [0.15, 0.2) is 15.8 Å². The molecule has 13 heteroatoms. The molecular weight excluding hydrogens is 411 g/mol. The van der Waals surface area contributed by atoms with Crippen molar-refractivity contribution in [1.82, 2.24) is 25.2 Å². The standard InChI is InChI=1S/C15H14Cl2N8O3/c1-23-2-4-24(5-3-23)9-6-8(20-12-14(16)18-7-19-15(12)17)10-11(22-28-21-10)13(9)25(26)27/h6-7,20H,2-5H2,1H3. The van der Waals surface area contributed by atoms with Crippen molar-refractivity contribution in [3.8, 4) is 0 Å². The molecule has 28 heavy (non-hydrogen) atoms. The second-order valence-corrected chi connectivity index (χ2v) is 6.97. The van der Waals surface area contributed by atoms with E-state index in [9.17, 15) is 10.1 Å². The number of hydrogen-bond acceptors (Lipinski definition) is 10. The SMILES string of the molecule is CN1CCN(c2cc(Nc3c(Cl)ncnc3Cl)c3nonc3c2[N+](=O)[O-])CC1. The molecule has 1 aromatic carbocycles. The first kappa shape index (κ1) is 18.6. The highest BCUT2D eigenvalue weighted by atomic mass is 35.5. The zero-order valence-electron chi connectivity index (χ0n) is 14.6. The number of nitro groups is 1. The van der Waals surface area contributed by atoms with Gasteiger partial charge in [0.2, 0.25) is 5.52 Å². The second kappa shape index (κ2) is 7.34. The first-order chi connectivity index (χ1) is 13.5. The largest absolute Gasteiger partial charge is 0.363 e. The molecule has 1 saturated heterocycles. The van der Waals surface area contributed by atoms with Crippen LogP contribution >= 0.6 is 23.2 Å². The summed E-state index contributed by atoms with van der Waals surface area (Å²) in [6, 6.07) is 1.62. The molecular formula is C15H14Cl2N8O3. The minimum atomic E-state index is -0.477. The van der Waals surface area contributed by atoms with Crippen molar-refractivity contribution >= 4 is 57.0 Å². The third-order valence-electron chi connectivity index (χ3n) is 4.53. The van der Waals surface area contributed by atoms with E-state index in [1.165, 1.54) is 6.33 Å². The molecule has 0 bridgehead atoms. The Bertz CT molecular complexity index is 1030. The Morgan fingerprint density at radius 2 is 1.79 bits per heavy atom. The third kappa shape index (κ3) is 3.28. The Kier molecular flexibility index (Phi) is 4.87. The monoisotopic (exact) mass is 424 g/mol. The maximum absolute atomic E-state index is 11.8. The number of hydrogen-bond donors (Lipinski definition) is 1. The van der Waals surface area contributed by atoms with Gasteiger partial charge in [-0.2, -0.15) is 0 Å². The number of nitrogens with one attached hydrogen (secondary N) is 1. The Hall–Kier alpha value is -2.76. The van der Waals surface area contributed by atoms with Crippen molar-refractivity contribution in [2.75, 3.05) is 43.4 Å². The predicted octanol–water partition coefficient (Wildman–Crippen LogP) is 2.72. The van der Waals surface area contributed by atoms with Crippen molar-refractivity contribution in [3.05, 3.63) is 32.8 Å². The predicted molar refractivity (Wildman–Crippen MR) is 104 cm³/mol. The molecule has 1 aliphatic heterocycles. The Labute approximate surface area is 168 Å². The Balaban J connectivity index is 1.86. The summed E-state index contributed by atoms with van der Waals surface area (Å²) in [6.07, 6.45) is 1.23. The number of piperazine rings is 1. The number of anilines is 3. The lowest BCUT2D eigenvalue weighted by Gasteiger charge is -2.33. The summed E-state index contributed by atoms with van der Waals surface area (Å²) >= 11 is 12.2. The highest BCUT2D eigenvalue weighted by molar-refractivity contribution is 6.37. The zero-order valence-corrected chi connectivity index (χ0v) is 16.1. The minimum Gasteiger partial charge on any atom is -0.363 e. The molecule has 0 unspecified atom stereocenters. The summed E-state index contributed by atoms with van der Waals surface area (Å²) in [5, 5.41) is 22.6. The number of nitro benzene ring substituents is 1. The first-order valence-electron chi connectivity index (χ1n) is 8.26. The molecule has 0 amide bonds. The Morgan fingerprint density at radius 1 is 1.14 bits per heavy atom. The van der Waals surface area contributed by atoms with Gasteiger partial charge in [-0.25, -0.2) is 14.6 Å². The van der Waals surface area contributed by atoms with Gasteiger partial charge in [-0.1, -0.05) is 23.2 Å². The zero-order chi connectivity index (χ0) is 19.8. The highest BCUT2D eigenvalue weighted by Gasteiger charge is 2.30. The highest BCUT2D eigenvalue weighted by Crippen LogP contribution is 2.41. The fraction of sp³-hybridized carbons (Fsp3) is 0.333. The normalized spacial score (nSPS) is 15.2. The van der Waals surface area contributed by atoms with Gasteiger partial charge in [0.25, 0.3) is 0 Å². The van der Waals surface area contributed by atoms with E-state index >= 15 is 0 Å². The summed E-state index contributed by atoms with van der Waals surface area (Å²) in [5.74, 6) is 0. The van der Waals surface area contributed by atoms with Crippen LogP contribution in [0.2, 0.25) is 10.3 Å². The van der Waals surface area contributed by atoms with Gasteiger partial charge in [0, 0.05) is 26.2 Å². The van der Waals surface area contributed by atoms with Gasteiger partial charge >= 0.3 is 5.69 Å². The molecule has 2 aromatic heterocycles. The number of nitrogens with zero attached hydrogens (tertiary/aromatic N) is 7. The van der Waals surface area contributed by atoms with Crippen LogP contribution in [0.1, 0.15) is 0 Å². The summed E-state index contributed by atoms with van der Waals surface area (Å²) in [4.78, 5) is 23.2. The van der Waals surface area contributed by atoms with Crippen LogP contribution < -0.4 is 10.2 Å². The number of fused-ring (bicyclic) bond motifs is 1. The average Bonchev–Trinajstić information content (AvgIpc) is 3.14. The summed E-state index contributed by atoms with van der Waals surface area (Å²) in [5.41, 5.74) is 1.12. The van der Waals surface area contributed by atoms with Crippen LogP contribution in [0.3, 0.4) is 0 Å². The lowest BCUT2D eigenvalue weighted by Crippen LogP contribution is -2.44. The van der Waals surface area contributed by atoms with Crippen LogP contribution in [0.4, 0.5) is 22.7 Å². The first-order valence-corrected chi connectivity index (χ1v) is 9.01. The van der Waals surface area contributed by atoms with Crippen molar-refractivity contribution in [2.24, 2.45) is 0 Å². The number of aromatic nitrogens is 4. The van der Waals surface area contributed by atoms with E-state index in [0.29, 0.717) is 24.5 Å². The molecule has 11 nitrogen and oxygen atoms in total. The topological polar surface area (TPSA) is 126 Å². The molecule has 3 aromatic rings. The van der Waals surface area contributed by atoms with Gasteiger partial charge in [-0.3, -0.25) is 10.1 Å². The van der Waals surface area contributed by atoms with Crippen LogP contribution in [0.5, 0.6) is 0 Å². The smallest absolute Gasteiger partial charge is 0.323 e. The molecule has 0 aliphatic carbocycles. The summed E-state index contributed by atoms with van der Waals surface area (Å²) in [7, 11) is 2.00. The van der Waals surface area contributed by atoms with E-state index in [0.717, 1.165) is 13.1 Å². The van der Waals surface area contributed by atoms with Crippen molar-refractivity contribution in [3.63, 3.8) is 0 Å². The van der Waals surface area contributed by atoms with Crippen molar-refractivity contribution < 1.29 is 9.55 Å². The van der Waals surface area contributed by atoms with Gasteiger partial charge in [-0.05, 0) is 23.4 Å². The fourth-order valence-electron chi connectivity index (χ4n) is 3.06. The van der Waals surface area contributed by atoms with Gasteiger partial charge < -0.3 is 15.1 Å². The molecule has 1 aliphatic rings. The van der Waals surface area contributed by atoms with Crippen LogP contribution in [0.15, 0.2) is 17.0 Å². The maximum Gasteiger partial charge on any atom is 0.323 e. The van der Waals surface area contributed by atoms with Crippen molar-refractivity contribution in [2.45, 2.75) is 0 Å². The van der Waals surface area contributed by atoms with E-state index in [-0.39, 0.29) is 32.7 Å². The minimum absolute atomic E-state index is 0.0352. The molecule has 146 valence electrons. The van der Waals surface area contributed by atoms with Crippen LogP contribution in [0, 0.1) is 10.1 Å². The maximum atomic E-state index is 11.8. The lowest BCUT2D eigenvalue weighted by atomic mass is 10.1. The third-order valence-corrected chi connectivity index (χ3v) is 5.11. The van der Waals surface area contributed by atoms with E-state index in [4.69, 9.17) is 27.8 Å². The molecule has 1 N–H and O–H groups in total. The molecule has 0 atom stereocenters. The van der Waals surface area contributed by atoms with E-state index in [2.05, 4.69) is 30.5 Å². The van der Waals surface area contributed by atoms with Crippen molar-refractivity contribution in [1.29, 1.82) is 0 Å². The van der Waals surface area contributed by atoms with Gasteiger partial charge in [0.05, 0.1) is 10.6 Å². The number of halogens is 2. The molecule has 1 fully saturated rings. The quantitative estimate of drug-likeness (QED) is 0.379. The van der Waals surface area contributed by atoms with Crippen LogP contribution in [-0.4, -0.2) is 63.3 Å². The van der Waals surface area contributed by atoms with Gasteiger partial charge in [-0.15, -0.1) is 0 Å². The molecule has 4 rings (SSSR count). The molecule has 0 saturated carbocycles. The van der Waals surface area contributed by atoms with Gasteiger partial charge in [0.1, 0.15) is 17.7 Å². The number of benzene rings is 1. The second-order valence-electron chi connectivity index (χ2n) is 6.26. The van der Waals surface area contributed by atoms with E-state index in [1.54, 1.807) is 6.07 Å². The lowest BCUT2D eigenvalue weighted by molar-refractivity contribution is -0.382. The van der Waals surface area contributed by atoms with E-state index in [1.807, 2.05) is 11.9 Å².